The molecule has 0 aromatic carbocycles. The van der Waals surface area contributed by atoms with Crippen LogP contribution in [0.3, 0.4) is 0 Å². The molecular formula is C13H23NO2S. The minimum absolute atomic E-state index is 0.142. The number of sulfone groups is 1. The van der Waals surface area contributed by atoms with Gasteiger partial charge in [-0.2, -0.15) is 0 Å². The Morgan fingerprint density at radius 3 is 2.24 bits per heavy atom. The third-order valence-corrected chi connectivity index (χ3v) is 5.76. The second kappa shape index (κ2) is 5.11. The van der Waals surface area contributed by atoms with Crippen LogP contribution < -0.4 is 5.73 Å². The van der Waals surface area contributed by atoms with E-state index in [9.17, 15) is 8.42 Å². The molecule has 2 aliphatic rings. The van der Waals surface area contributed by atoms with E-state index in [0.717, 1.165) is 44.9 Å². The van der Waals surface area contributed by atoms with Crippen molar-refractivity contribution in [3.63, 3.8) is 0 Å². The van der Waals surface area contributed by atoms with Crippen molar-refractivity contribution in [1.29, 1.82) is 0 Å². The molecule has 2 N–H and O–H groups in total. The Kier molecular flexibility index (Phi) is 3.93. The zero-order valence-electron chi connectivity index (χ0n) is 10.6. The topological polar surface area (TPSA) is 60.2 Å². The van der Waals surface area contributed by atoms with E-state index in [1.807, 2.05) is 0 Å². The Labute approximate surface area is 104 Å². The van der Waals surface area contributed by atoms with Gasteiger partial charge in [-0.15, -0.1) is 0 Å². The van der Waals surface area contributed by atoms with Gasteiger partial charge in [0.1, 0.15) is 0 Å². The molecule has 0 aliphatic heterocycles. The van der Waals surface area contributed by atoms with Gasteiger partial charge in [0, 0.05) is 12.3 Å². The van der Waals surface area contributed by atoms with Crippen LogP contribution in [0.25, 0.3) is 0 Å². The van der Waals surface area contributed by atoms with Gasteiger partial charge in [0.05, 0.1) is 5.25 Å². The van der Waals surface area contributed by atoms with Crippen molar-refractivity contribution in [2.24, 2.45) is 5.73 Å². The largest absolute Gasteiger partial charge is 0.327 e. The minimum Gasteiger partial charge on any atom is -0.327 e. The summed E-state index contributed by atoms with van der Waals surface area (Å²) in [7, 11) is -2.88. The van der Waals surface area contributed by atoms with E-state index in [1.54, 1.807) is 0 Å². The van der Waals surface area contributed by atoms with Crippen LogP contribution in [0.2, 0.25) is 0 Å². The lowest BCUT2D eigenvalue weighted by Crippen LogP contribution is -2.27. The molecule has 0 radical (unpaired) electrons. The molecule has 98 valence electrons. The first kappa shape index (κ1) is 13.1. The minimum atomic E-state index is -2.88. The van der Waals surface area contributed by atoms with E-state index in [1.165, 1.54) is 23.8 Å². The molecule has 0 aromatic heterocycles. The second-order valence-electron chi connectivity index (χ2n) is 5.61. The lowest BCUT2D eigenvalue weighted by atomic mass is 9.82. The molecular weight excluding hydrogens is 234 g/mol. The Bertz CT molecular complexity index is 411. The lowest BCUT2D eigenvalue weighted by molar-refractivity contribution is 0.493. The summed E-state index contributed by atoms with van der Waals surface area (Å²) in [6.07, 6.45) is 9.50. The summed E-state index contributed by atoms with van der Waals surface area (Å²) in [4.78, 5) is 0. The Morgan fingerprint density at radius 2 is 1.65 bits per heavy atom. The first-order valence-corrected chi connectivity index (χ1v) is 8.56. The van der Waals surface area contributed by atoms with Crippen LogP contribution >= 0.6 is 0 Å². The normalized spacial score (nSPS) is 35.9. The summed E-state index contributed by atoms with van der Waals surface area (Å²) in [6.45, 7) is 0. The Balaban J connectivity index is 2.13. The summed E-state index contributed by atoms with van der Waals surface area (Å²) >= 11 is 0. The van der Waals surface area contributed by atoms with Gasteiger partial charge < -0.3 is 5.73 Å². The van der Waals surface area contributed by atoms with E-state index < -0.39 is 9.84 Å². The first-order chi connectivity index (χ1) is 7.97. The van der Waals surface area contributed by atoms with Gasteiger partial charge in [-0.1, -0.05) is 11.1 Å². The van der Waals surface area contributed by atoms with Crippen molar-refractivity contribution in [2.45, 2.75) is 62.7 Å². The fourth-order valence-electron chi connectivity index (χ4n) is 3.13. The molecule has 3 nitrogen and oxygen atoms in total. The molecule has 2 rings (SSSR count). The monoisotopic (exact) mass is 257 g/mol. The molecule has 2 atom stereocenters. The van der Waals surface area contributed by atoms with Crippen molar-refractivity contribution in [2.75, 3.05) is 6.26 Å². The zero-order valence-corrected chi connectivity index (χ0v) is 11.4. The van der Waals surface area contributed by atoms with Crippen LogP contribution in [0.15, 0.2) is 11.1 Å². The van der Waals surface area contributed by atoms with Gasteiger partial charge in [-0.3, -0.25) is 0 Å². The lowest BCUT2D eigenvalue weighted by Gasteiger charge is -2.29. The van der Waals surface area contributed by atoms with Gasteiger partial charge in [0.2, 0.25) is 0 Å². The molecule has 0 amide bonds. The number of rotatable bonds is 1. The number of nitrogens with two attached hydrogens (primary N) is 1. The molecule has 2 unspecified atom stereocenters. The van der Waals surface area contributed by atoms with E-state index in [0.29, 0.717) is 6.04 Å². The quantitative estimate of drug-likeness (QED) is 0.732. The van der Waals surface area contributed by atoms with Crippen molar-refractivity contribution in [3.05, 3.63) is 11.1 Å². The molecule has 4 heteroatoms. The van der Waals surface area contributed by atoms with Gasteiger partial charge in [0.15, 0.2) is 9.84 Å². The summed E-state index contributed by atoms with van der Waals surface area (Å²) in [5, 5.41) is -0.142. The highest BCUT2D eigenvalue weighted by atomic mass is 32.2. The van der Waals surface area contributed by atoms with E-state index in [-0.39, 0.29) is 5.25 Å². The van der Waals surface area contributed by atoms with E-state index in [4.69, 9.17) is 5.73 Å². The van der Waals surface area contributed by atoms with Crippen molar-refractivity contribution in [3.8, 4) is 0 Å². The van der Waals surface area contributed by atoms with E-state index in [2.05, 4.69) is 0 Å². The van der Waals surface area contributed by atoms with Crippen molar-refractivity contribution in [1.82, 2.24) is 0 Å². The highest BCUT2D eigenvalue weighted by molar-refractivity contribution is 7.91. The summed E-state index contributed by atoms with van der Waals surface area (Å²) in [6, 6.07) is 0.296. The molecule has 17 heavy (non-hydrogen) atoms. The highest BCUT2D eigenvalue weighted by Gasteiger charge is 2.27. The Hall–Kier alpha value is -0.350. The maximum absolute atomic E-state index is 11.6. The van der Waals surface area contributed by atoms with Crippen LogP contribution in [0.4, 0.5) is 0 Å². The van der Waals surface area contributed by atoms with Crippen LogP contribution in [0, 0.1) is 0 Å². The Morgan fingerprint density at radius 1 is 1.06 bits per heavy atom. The highest BCUT2D eigenvalue weighted by Crippen LogP contribution is 2.35. The van der Waals surface area contributed by atoms with Crippen LogP contribution in [-0.4, -0.2) is 26.0 Å². The molecule has 0 heterocycles. The zero-order chi connectivity index (χ0) is 12.5. The van der Waals surface area contributed by atoms with Gasteiger partial charge in [0.25, 0.3) is 0 Å². The van der Waals surface area contributed by atoms with Gasteiger partial charge >= 0.3 is 0 Å². The average Bonchev–Trinajstić information content (AvgIpc) is 2.28. The van der Waals surface area contributed by atoms with Crippen molar-refractivity contribution < 1.29 is 8.42 Å². The fourth-order valence-corrected chi connectivity index (χ4v) is 4.23. The fraction of sp³-hybridized carbons (Fsp3) is 0.846. The summed E-state index contributed by atoms with van der Waals surface area (Å²) in [5.74, 6) is 0. The standard InChI is InChI=1S/C13H23NO2S/c1-17(15,16)13-7-3-5-11(9-13)10-4-2-6-12(14)8-10/h12-13H,2-9,14H2,1H3. The molecule has 0 bridgehead atoms. The number of hydrogen-bond acceptors (Lipinski definition) is 3. The van der Waals surface area contributed by atoms with Crippen LogP contribution in [0.1, 0.15) is 51.4 Å². The van der Waals surface area contributed by atoms with Gasteiger partial charge in [-0.05, 0) is 51.4 Å². The SMILES string of the molecule is CS(=O)(=O)C1CCCC(=C2CCCC(N)C2)C1. The average molecular weight is 257 g/mol. The summed E-state index contributed by atoms with van der Waals surface area (Å²) in [5.41, 5.74) is 8.87. The van der Waals surface area contributed by atoms with E-state index >= 15 is 0 Å². The molecule has 0 spiro atoms. The molecule has 0 saturated heterocycles. The van der Waals surface area contributed by atoms with Crippen molar-refractivity contribution >= 4 is 9.84 Å². The molecule has 0 aromatic rings. The summed E-state index contributed by atoms with van der Waals surface area (Å²) < 4.78 is 23.3. The van der Waals surface area contributed by atoms with Gasteiger partial charge in [-0.25, -0.2) is 8.42 Å². The third-order valence-electron chi connectivity index (χ3n) is 4.15. The maximum atomic E-state index is 11.6. The molecule has 2 saturated carbocycles. The predicted octanol–water partition coefficient (Wildman–Crippen LogP) is 2.17. The predicted molar refractivity (Wildman–Crippen MR) is 70.6 cm³/mol. The third kappa shape index (κ3) is 3.32. The first-order valence-electron chi connectivity index (χ1n) is 6.61. The maximum Gasteiger partial charge on any atom is 0.150 e. The molecule has 2 fully saturated rings. The van der Waals surface area contributed by atoms with Crippen LogP contribution in [0.5, 0.6) is 0 Å². The number of hydrogen-bond donors (Lipinski definition) is 1. The number of allylic oxidation sites excluding steroid dienone is 1. The molecule has 2 aliphatic carbocycles. The van der Waals surface area contributed by atoms with Crippen LogP contribution in [-0.2, 0) is 9.84 Å². The smallest absolute Gasteiger partial charge is 0.150 e. The second-order valence-corrected chi connectivity index (χ2v) is 7.94.